The lowest BCUT2D eigenvalue weighted by Gasteiger charge is -2.17. The Hall–Kier alpha value is -9.95. The number of furan rings is 1. The van der Waals surface area contributed by atoms with Crippen LogP contribution in [0.15, 0.2) is 241 Å². The fraction of sp³-hybridized carbons (Fsp3) is 0. The molecule has 17 aromatic rings. The zero-order valence-corrected chi connectivity index (χ0v) is 41.4. The molecule has 0 saturated heterocycles. The Kier molecular flexibility index (Phi) is 8.62. The van der Waals surface area contributed by atoms with Crippen molar-refractivity contribution >= 4 is 129 Å². The summed E-state index contributed by atoms with van der Waals surface area (Å²) in [7, 11) is 0. The number of para-hydroxylation sites is 3. The first kappa shape index (κ1) is 41.5. The molecule has 5 aromatic heterocycles. The first-order valence-electron chi connectivity index (χ1n) is 25.7. The molecule has 0 aliphatic rings. The van der Waals surface area contributed by atoms with Gasteiger partial charge in [0.05, 0.1) is 38.7 Å². The Morgan fingerprint density at radius 1 is 0.329 bits per heavy atom. The van der Waals surface area contributed by atoms with Crippen LogP contribution >= 0.6 is 11.3 Å². The second kappa shape index (κ2) is 15.8. The van der Waals surface area contributed by atoms with Gasteiger partial charge in [-0.3, -0.25) is 0 Å². The standard InChI is InChI=1S/C69H39N5OS/c1-2-19-45(20-3-1)73-55-27-13-10-22-47(55)48-33-30-44(39-57(48)73)68-70-67(43-32-35-61-53(37-43)49-23-12-15-29-60(49)76-61)71-69(72-68)64-50-24-8-9-25-51(50)65(63-52-26-11-14-28-59(52)75-66(63)64)74-56-34-31-40-16-6-7-21-46(40)62(56)54-36-41-17-4-5-18-42(41)38-58(54)74/h1-39H. The van der Waals surface area contributed by atoms with Crippen molar-refractivity contribution in [3.05, 3.63) is 237 Å². The molecule has 7 heteroatoms. The number of hydrogen-bond donors (Lipinski definition) is 0. The monoisotopic (exact) mass is 985 g/mol. The first-order chi connectivity index (χ1) is 37.7. The lowest BCUT2D eigenvalue weighted by atomic mass is 9.96. The van der Waals surface area contributed by atoms with Gasteiger partial charge in [0.1, 0.15) is 11.2 Å². The molecular formula is C69H39N5OS. The normalized spacial score (nSPS) is 12.2. The zero-order chi connectivity index (χ0) is 49.6. The van der Waals surface area contributed by atoms with Gasteiger partial charge in [-0.05, 0) is 99.7 Å². The summed E-state index contributed by atoms with van der Waals surface area (Å²) in [5.41, 5.74) is 10.7. The summed E-state index contributed by atoms with van der Waals surface area (Å²) in [6, 6.07) is 85.0. The summed E-state index contributed by atoms with van der Waals surface area (Å²) in [6.45, 7) is 0. The van der Waals surface area contributed by atoms with Crippen LogP contribution in [0.4, 0.5) is 0 Å². The maximum Gasteiger partial charge on any atom is 0.168 e. The van der Waals surface area contributed by atoms with E-state index >= 15 is 0 Å². The average molecular weight is 986 g/mol. The van der Waals surface area contributed by atoms with E-state index in [2.05, 4.69) is 246 Å². The highest BCUT2D eigenvalue weighted by Gasteiger charge is 2.28. The maximum absolute atomic E-state index is 7.28. The lowest BCUT2D eigenvalue weighted by Crippen LogP contribution is -2.03. The molecule has 0 saturated carbocycles. The minimum atomic E-state index is 0.532. The Morgan fingerprint density at radius 2 is 0.934 bits per heavy atom. The Morgan fingerprint density at radius 3 is 1.78 bits per heavy atom. The maximum atomic E-state index is 7.28. The van der Waals surface area contributed by atoms with Crippen molar-refractivity contribution in [3.8, 4) is 45.5 Å². The van der Waals surface area contributed by atoms with Gasteiger partial charge in [0.2, 0.25) is 0 Å². The van der Waals surface area contributed by atoms with Gasteiger partial charge in [0.15, 0.2) is 17.5 Å². The molecule has 0 atom stereocenters. The van der Waals surface area contributed by atoms with Gasteiger partial charge < -0.3 is 13.6 Å². The van der Waals surface area contributed by atoms with Crippen molar-refractivity contribution in [1.82, 2.24) is 24.1 Å². The van der Waals surface area contributed by atoms with E-state index < -0.39 is 0 Å². The Labute approximate surface area is 437 Å². The molecule has 12 aromatic carbocycles. The fourth-order valence-corrected chi connectivity index (χ4v) is 13.5. The smallest absolute Gasteiger partial charge is 0.168 e. The summed E-state index contributed by atoms with van der Waals surface area (Å²) in [5, 5.41) is 16.0. The first-order valence-corrected chi connectivity index (χ1v) is 26.5. The molecule has 6 nitrogen and oxygen atoms in total. The molecule has 0 aliphatic carbocycles. The molecule has 0 N–H and O–H groups in total. The van der Waals surface area contributed by atoms with E-state index in [1.807, 2.05) is 0 Å². The van der Waals surface area contributed by atoms with Crippen molar-refractivity contribution in [3.63, 3.8) is 0 Å². The third kappa shape index (κ3) is 5.94. The van der Waals surface area contributed by atoms with Crippen molar-refractivity contribution in [1.29, 1.82) is 0 Å². The van der Waals surface area contributed by atoms with Gasteiger partial charge in [-0.25, -0.2) is 15.0 Å². The summed E-state index contributed by atoms with van der Waals surface area (Å²) < 4.78 is 14.6. The fourth-order valence-electron chi connectivity index (χ4n) is 12.4. The number of nitrogens with zero attached hydrogens (tertiary/aromatic N) is 5. The van der Waals surface area contributed by atoms with Crippen LogP contribution in [0.25, 0.3) is 164 Å². The van der Waals surface area contributed by atoms with Crippen LogP contribution in [-0.2, 0) is 0 Å². The third-order valence-electron chi connectivity index (χ3n) is 15.7. The average Bonchev–Trinajstić information content (AvgIpc) is 4.43. The van der Waals surface area contributed by atoms with Crippen LogP contribution < -0.4 is 0 Å². The van der Waals surface area contributed by atoms with Gasteiger partial charge in [0, 0.05) is 69.3 Å². The molecule has 76 heavy (non-hydrogen) atoms. The SMILES string of the molecule is c1ccc(-n2c3ccccc3c3ccc(-c4nc(-c5ccc6sc7ccccc7c6c5)nc(-c5c6ccccc6c(-n6c7cc8ccccc8cc7c7c8ccccc8ccc76)c6c5oc5ccccc56)n4)cc32)cc1. The van der Waals surface area contributed by atoms with Crippen LogP contribution in [0, 0.1) is 0 Å². The van der Waals surface area contributed by atoms with Gasteiger partial charge in [0.25, 0.3) is 0 Å². The number of aromatic nitrogens is 5. The largest absolute Gasteiger partial charge is 0.455 e. The summed E-state index contributed by atoms with van der Waals surface area (Å²) in [4.78, 5) is 16.6. The van der Waals surface area contributed by atoms with Crippen molar-refractivity contribution in [2.45, 2.75) is 0 Å². The van der Waals surface area contributed by atoms with Crippen molar-refractivity contribution in [2.24, 2.45) is 0 Å². The highest BCUT2D eigenvalue weighted by molar-refractivity contribution is 7.25. The zero-order valence-electron chi connectivity index (χ0n) is 40.6. The predicted octanol–water partition coefficient (Wildman–Crippen LogP) is 18.8. The number of benzene rings is 12. The minimum absolute atomic E-state index is 0.532. The molecule has 0 fully saturated rings. The number of hydrogen-bond acceptors (Lipinski definition) is 5. The number of thiophene rings is 1. The predicted molar refractivity (Wildman–Crippen MR) is 317 cm³/mol. The summed E-state index contributed by atoms with van der Waals surface area (Å²) in [5.74, 6) is 1.69. The van der Waals surface area contributed by atoms with Crippen LogP contribution in [-0.4, -0.2) is 24.1 Å². The molecular weight excluding hydrogens is 947 g/mol. The molecule has 5 heterocycles. The van der Waals surface area contributed by atoms with E-state index in [9.17, 15) is 0 Å². The highest BCUT2D eigenvalue weighted by atomic mass is 32.1. The van der Waals surface area contributed by atoms with Gasteiger partial charge >= 0.3 is 0 Å². The molecule has 0 unspecified atom stereocenters. The topological polar surface area (TPSA) is 61.7 Å². The van der Waals surface area contributed by atoms with Gasteiger partial charge in [-0.2, -0.15) is 0 Å². The Bertz CT molecular complexity index is 5310. The van der Waals surface area contributed by atoms with E-state index in [0.717, 1.165) is 82.6 Å². The molecule has 17 rings (SSSR count). The second-order valence-corrected chi connectivity index (χ2v) is 20.9. The molecule has 0 aliphatic heterocycles. The number of fused-ring (bicyclic) bond motifs is 16. The van der Waals surface area contributed by atoms with E-state index in [-0.39, 0.29) is 0 Å². The Balaban J connectivity index is 0.994. The van der Waals surface area contributed by atoms with Gasteiger partial charge in [-0.1, -0.05) is 164 Å². The molecule has 0 spiro atoms. The quantitative estimate of drug-likeness (QED) is 0.172. The van der Waals surface area contributed by atoms with Crippen molar-refractivity contribution in [2.75, 3.05) is 0 Å². The minimum Gasteiger partial charge on any atom is -0.455 e. The summed E-state index contributed by atoms with van der Waals surface area (Å²) >= 11 is 1.80. The van der Waals surface area contributed by atoms with Gasteiger partial charge in [-0.15, -0.1) is 11.3 Å². The third-order valence-corrected chi connectivity index (χ3v) is 16.8. The molecule has 0 radical (unpaired) electrons. The highest BCUT2D eigenvalue weighted by Crippen LogP contribution is 2.49. The van der Waals surface area contributed by atoms with Crippen LogP contribution in [0.3, 0.4) is 0 Å². The van der Waals surface area contributed by atoms with Crippen molar-refractivity contribution < 1.29 is 4.42 Å². The molecule has 0 bridgehead atoms. The van der Waals surface area contributed by atoms with E-state index in [1.165, 1.54) is 57.9 Å². The van der Waals surface area contributed by atoms with Crippen LogP contribution in [0.5, 0.6) is 0 Å². The van der Waals surface area contributed by atoms with Crippen LogP contribution in [0.1, 0.15) is 0 Å². The van der Waals surface area contributed by atoms with E-state index in [0.29, 0.717) is 23.1 Å². The molecule has 352 valence electrons. The van der Waals surface area contributed by atoms with Crippen LogP contribution in [0.2, 0.25) is 0 Å². The summed E-state index contributed by atoms with van der Waals surface area (Å²) in [6.07, 6.45) is 0. The number of rotatable bonds is 5. The second-order valence-electron chi connectivity index (χ2n) is 19.8. The van der Waals surface area contributed by atoms with E-state index in [4.69, 9.17) is 19.4 Å². The van der Waals surface area contributed by atoms with E-state index in [1.54, 1.807) is 11.3 Å². The lowest BCUT2D eigenvalue weighted by molar-refractivity contribution is 0.670. The molecule has 0 amide bonds.